The van der Waals surface area contributed by atoms with Crippen LogP contribution in [0.1, 0.15) is 24.4 Å². The lowest BCUT2D eigenvalue weighted by Crippen LogP contribution is -2.15. The molecular formula is C17H18FN3O2S. The van der Waals surface area contributed by atoms with Crippen molar-refractivity contribution in [3.05, 3.63) is 59.7 Å². The maximum Gasteiger partial charge on any atom is 0.177 e. The number of imidazole rings is 1. The molecule has 0 unspecified atom stereocenters. The van der Waals surface area contributed by atoms with Crippen molar-refractivity contribution in [1.82, 2.24) is 9.55 Å². The molecule has 7 heteroatoms. The summed E-state index contributed by atoms with van der Waals surface area (Å²) in [5, 5.41) is 0. The van der Waals surface area contributed by atoms with E-state index in [2.05, 4.69) is 4.98 Å². The van der Waals surface area contributed by atoms with Gasteiger partial charge in [0, 0.05) is 12.8 Å². The van der Waals surface area contributed by atoms with Crippen molar-refractivity contribution in [2.45, 2.75) is 24.4 Å². The highest BCUT2D eigenvalue weighted by molar-refractivity contribution is 7.91. The first kappa shape index (κ1) is 16.6. The standard InChI is InChI=1S/C17H18FN3O2S/c1-11(19)17-20-14-4-3-5-15(24(2,22)23)16(14)21(17)10-12-6-8-13(18)9-7-12/h3-9,11H,10,19H2,1-2H3/t11-/m0/s1. The number of hydrogen-bond acceptors (Lipinski definition) is 4. The van der Waals surface area contributed by atoms with Crippen LogP contribution in [0.15, 0.2) is 47.4 Å². The molecule has 0 saturated carbocycles. The SMILES string of the molecule is C[C@H](N)c1nc2cccc(S(C)(=O)=O)c2n1Cc1ccc(F)cc1. The third-order valence-corrected chi connectivity index (χ3v) is 4.95. The maximum atomic E-state index is 13.1. The minimum Gasteiger partial charge on any atom is -0.322 e. The molecule has 5 nitrogen and oxygen atoms in total. The van der Waals surface area contributed by atoms with Crippen molar-refractivity contribution in [1.29, 1.82) is 0 Å². The average molecular weight is 347 g/mol. The summed E-state index contributed by atoms with van der Waals surface area (Å²) < 4.78 is 39.2. The number of nitrogens with two attached hydrogens (primary N) is 1. The van der Waals surface area contributed by atoms with Gasteiger partial charge in [-0.15, -0.1) is 0 Å². The molecule has 0 radical (unpaired) electrons. The number of fused-ring (bicyclic) bond motifs is 1. The van der Waals surface area contributed by atoms with E-state index in [4.69, 9.17) is 5.73 Å². The van der Waals surface area contributed by atoms with E-state index in [1.807, 2.05) is 0 Å². The van der Waals surface area contributed by atoms with Crippen molar-refractivity contribution in [2.24, 2.45) is 5.73 Å². The third kappa shape index (κ3) is 3.05. The normalized spacial score (nSPS) is 13.3. The molecule has 0 aliphatic heterocycles. The van der Waals surface area contributed by atoms with Crippen LogP contribution < -0.4 is 5.73 Å². The Morgan fingerprint density at radius 2 is 1.88 bits per heavy atom. The summed E-state index contributed by atoms with van der Waals surface area (Å²) in [5.41, 5.74) is 7.96. The van der Waals surface area contributed by atoms with E-state index < -0.39 is 9.84 Å². The molecule has 0 aliphatic rings. The lowest BCUT2D eigenvalue weighted by molar-refractivity contribution is 0.601. The van der Waals surface area contributed by atoms with Crippen LogP contribution in [0.4, 0.5) is 4.39 Å². The van der Waals surface area contributed by atoms with E-state index in [0.717, 1.165) is 5.56 Å². The Bertz CT molecular complexity index is 993. The molecule has 1 heterocycles. The van der Waals surface area contributed by atoms with Crippen LogP contribution in [0.2, 0.25) is 0 Å². The number of rotatable bonds is 4. The molecule has 3 rings (SSSR count). The highest BCUT2D eigenvalue weighted by Crippen LogP contribution is 2.27. The Balaban J connectivity index is 2.27. The van der Waals surface area contributed by atoms with Crippen LogP contribution in [-0.4, -0.2) is 24.2 Å². The topological polar surface area (TPSA) is 78.0 Å². The van der Waals surface area contributed by atoms with Crippen LogP contribution in [0, 0.1) is 5.82 Å². The van der Waals surface area contributed by atoms with Gasteiger partial charge >= 0.3 is 0 Å². The molecule has 126 valence electrons. The van der Waals surface area contributed by atoms with Gasteiger partial charge < -0.3 is 10.3 Å². The van der Waals surface area contributed by atoms with Gasteiger partial charge in [-0.2, -0.15) is 0 Å². The van der Waals surface area contributed by atoms with Crippen molar-refractivity contribution >= 4 is 20.9 Å². The van der Waals surface area contributed by atoms with Crippen LogP contribution in [0.25, 0.3) is 11.0 Å². The van der Waals surface area contributed by atoms with Gasteiger partial charge in [-0.05, 0) is 36.8 Å². The van der Waals surface area contributed by atoms with Crippen LogP contribution >= 0.6 is 0 Å². The molecular weight excluding hydrogens is 329 g/mol. The minimum atomic E-state index is -3.42. The second-order valence-electron chi connectivity index (χ2n) is 5.87. The summed E-state index contributed by atoms with van der Waals surface area (Å²) >= 11 is 0. The zero-order chi connectivity index (χ0) is 17.5. The fraction of sp³-hybridized carbons (Fsp3) is 0.235. The molecule has 0 saturated heterocycles. The smallest absolute Gasteiger partial charge is 0.177 e. The molecule has 1 atom stereocenters. The maximum absolute atomic E-state index is 13.1. The van der Waals surface area contributed by atoms with E-state index in [1.165, 1.54) is 18.4 Å². The van der Waals surface area contributed by atoms with Crippen LogP contribution in [-0.2, 0) is 16.4 Å². The van der Waals surface area contributed by atoms with Crippen molar-refractivity contribution in [3.63, 3.8) is 0 Å². The van der Waals surface area contributed by atoms with Crippen LogP contribution in [0.5, 0.6) is 0 Å². The van der Waals surface area contributed by atoms with Gasteiger partial charge in [0.1, 0.15) is 11.6 Å². The Hall–Kier alpha value is -2.25. The fourth-order valence-corrected chi connectivity index (χ4v) is 3.64. The number of nitrogens with zero attached hydrogens (tertiary/aromatic N) is 2. The lowest BCUT2D eigenvalue weighted by atomic mass is 10.2. The first-order valence-electron chi connectivity index (χ1n) is 7.46. The number of sulfone groups is 1. The predicted molar refractivity (Wildman–Crippen MR) is 90.9 cm³/mol. The second kappa shape index (κ2) is 5.99. The molecule has 2 aromatic carbocycles. The highest BCUT2D eigenvalue weighted by Gasteiger charge is 2.21. The summed E-state index contributed by atoms with van der Waals surface area (Å²) in [4.78, 5) is 4.71. The third-order valence-electron chi connectivity index (χ3n) is 3.82. The minimum absolute atomic E-state index is 0.210. The largest absolute Gasteiger partial charge is 0.322 e. The number of para-hydroxylation sites is 1. The van der Waals surface area contributed by atoms with Crippen molar-refractivity contribution < 1.29 is 12.8 Å². The Kier molecular flexibility index (Phi) is 4.15. The number of halogens is 1. The first-order chi connectivity index (χ1) is 11.3. The molecule has 24 heavy (non-hydrogen) atoms. The van der Waals surface area contributed by atoms with E-state index in [0.29, 0.717) is 23.4 Å². The molecule has 0 bridgehead atoms. The molecule has 0 fully saturated rings. The van der Waals surface area contributed by atoms with Crippen molar-refractivity contribution in [3.8, 4) is 0 Å². The van der Waals surface area contributed by atoms with E-state index in [-0.39, 0.29) is 16.8 Å². The molecule has 2 N–H and O–H groups in total. The van der Waals surface area contributed by atoms with E-state index in [9.17, 15) is 12.8 Å². The van der Waals surface area contributed by atoms with Gasteiger partial charge in [-0.25, -0.2) is 17.8 Å². The summed E-state index contributed by atoms with van der Waals surface area (Å²) in [7, 11) is -3.42. The fourth-order valence-electron chi connectivity index (χ4n) is 2.75. The first-order valence-corrected chi connectivity index (χ1v) is 9.36. The summed E-state index contributed by atoms with van der Waals surface area (Å²) in [5.74, 6) is 0.268. The predicted octanol–water partition coefficient (Wildman–Crippen LogP) is 2.65. The lowest BCUT2D eigenvalue weighted by Gasteiger charge is -2.13. The molecule has 0 amide bonds. The van der Waals surface area contributed by atoms with Gasteiger partial charge in [-0.3, -0.25) is 0 Å². The van der Waals surface area contributed by atoms with E-state index in [1.54, 1.807) is 41.8 Å². The Labute approximate surface area is 139 Å². The molecule has 1 aromatic heterocycles. The van der Waals surface area contributed by atoms with E-state index >= 15 is 0 Å². The number of benzene rings is 2. The number of aromatic nitrogens is 2. The molecule has 0 spiro atoms. The van der Waals surface area contributed by atoms with Gasteiger partial charge in [-0.1, -0.05) is 18.2 Å². The second-order valence-corrected chi connectivity index (χ2v) is 7.85. The van der Waals surface area contributed by atoms with Gasteiger partial charge in [0.25, 0.3) is 0 Å². The monoisotopic (exact) mass is 347 g/mol. The van der Waals surface area contributed by atoms with Crippen LogP contribution in [0.3, 0.4) is 0 Å². The molecule has 0 aliphatic carbocycles. The highest BCUT2D eigenvalue weighted by atomic mass is 32.2. The Morgan fingerprint density at radius 1 is 1.21 bits per heavy atom. The molecule has 3 aromatic rings. The van der Waals surface area contributed by atoms with Gasteiger partial charge in [0.2, 0.25) is 0 Å². The zero-order valence-corrected chi connectivity index (χ0v) is 14.2. The van der Waals surface area contributed by atoms with Gasteiger partial charge in [0.05, 0.1) is 22.0 Å². The van der Waals surface area contributed by atoms with Crippen molar-refractivity contribution in [2.75, 3.05) is 6.26 Å². The zero-order valence-electron chi connectivity index (χ0n) is 13.4. The van der Waals surface area contributed by atoms with Gasteiger partial charge in [0.15, 0.2) is 9.84 Å². The summed E-state index contributed by atoms with van der Waals surface area (Å²) in [6.07, 6.45) is 1.17. The number of hydrogen-bond donors (Lipinski definition) is 1. The quantitative estimate of drug-likeness (QED) is 0.787. The summed E-state index contributed by atoms with van der Waals surface area (Å²) in [6, 6.07) is 10.7. The Morgan fingerprint density at radius 3 is 2.46 bits per heavy atom. The summed E-state index contributed by atoms with van der Waals surface area (Å²) in [6.45, 7) is 2.16. The average Bonchev–Trinajstić information content (AvgIpc) is 2.87.